The third-order valence-corrected chi connectivity index (χ3v) is 5.83. The van der Waals surface area contributed by atoms with E-state index in [0.717, 1.165) is 11.1 Å². The number of aliphatic imine (C=N–C) groups is 1. The van der Waals surface area contributed by atoms with Crippen LogP contribution in [0.15, 0.2) is 94.8 Å². The summed E-state index contributed by atoms with van der Waals surface area (Å²) in [6.45, 7) is 0.503. The Labute approximate surface area is 167 Å². The lowest BCUT2D eigenvalue weighted by Gasteiger charge is -2.28. The first-order chi connectivity index (χ1) is 13.7. The number of nitro benzene ring substituents is 1. The van der Waals surface area contributed by atoms with Crippen molar-refractivity contribution in [1.29, 1.82) is 0 Å². The van der Waals surface area contributed by atoms with Crippen LogP contribution in [-0.2, 0) is 10.3 Å². The SMILES string of the molecule is O=[N+]([O-])c1ccc(C2=NCC(CSc3ccccc3)(c3ccccc3)O2)cc1. The number of hydrogen-bond acceptors (Lipinski definition) is 5. The van der Waals surface area contributed by atoms with Crippen LogP contribution in [0, 0.1) is 10.1 Å². The van der Waals surface area contributed by atoms with E-state index in [9.17, 15) is 10.1 Å². The van der Waals surface area contributed by atoms with E-state index in [1.54, 1.807) is 23.9 Å². The Kier molecular flexibility index (Phi) is 5.12. The van der Waals surface area contributed by atoms with Crippen LogP contribution in [0.2, 0.25) is 0 Å². The van der Waals surface area contributed by atoms with Gasteiger partial charge in [-0.2, -0.15) is 0 Å². The number of hydrogen-bond donors (Lipinski definition) is 0. The summed E-state index contributed by atoms with van der Waals surface area (Å²) in [6.07, 6.45) is 0. The monoisotopic (exact) mass is 390 g/mol. The van der Waals surface area contributed by atoms with Crippen LogP contribution in [0.3, 0.4) is 0 Å². The average Bonchev–Trinajstić information content (AvgIpc) is 3.19. The summed E-state index contributed by atoms with van der Waals surface area (Å²) < 4.78 is 6.40. The number of nitro groups is 1. The van der Waals surface area contributed by atoms with Crippen molar-refractivity contribution in [1.82, 2.24) is 0 Å². The van der Waals surface area contributed by atoms with Gasteiger partial charge in [0.2, 0.25) is 5.90 Å². The van der Waals surface area contributed by atoms with Gasteiger partial charge in [0.05, 0.1) is 11.5 Å². The van der Waals surface area contributed by atoms with E-state index in [1.165, 1.54) is 17.0 Å². The summed E-state index contributed by atoms with van der Waals surface area (Å²) in [7, 11) is 0. The predicted octanol–water partition coefficient (Wildman–Crippen LogP) is 5.06. The first kappa shape index (κ1) is 18.3. The van der Waals surface area contributed by atoms with E-state index in [0.29, 0.717) is 18.2 Å². The molecule has 140 valence electrons. The molecule has 0 saturated carbocycles. The summed E-state index contributed by atoms with van der Waals surface area (Å²) >= 11 is 1.73. The predicted molar refractivity (Wildman–Crippen MR) is 111 cm³/mol. The minimum absolute atomic E-state index is 0.0521. The van der Waals surface area contributed by atoms with Crippen molar-refractivity contribution in [3.05, 3.63) is 106 Å². The molecule has 1 atom stereocenters. The van der Waals surface area contributed by atoms with Gasteiger partial charge in [0.15, 0.2) is 5.60 Å². The van der Waals surface area contributed by atoms with E-state index in [1.807, 2.05) is 36.4 Å². The molecule has 1 heterocycles. The second-order valence-electron chi connectivity index (χ2n) is 6.49. The van der Waals surface area contributed by atoms with Crippen LogP contribution in [-0.4, -0.2) is 23.1 Å². The van der Waals surface area contributed by atoms with Gasteiger partial charge in [-0.25, -0.2) is 4.99 Å². The largest absolute Gasteiger partial charge is 0.463 e. The van der Waals surface area contributed by atoms with E-state index < -0.39 is 10.5 Å². The van der Waals surface area contributed by atoms with Gasteiger partial charge in [0, 0.05) is 28.3 Å². The van der Waals surface area contributed by atoms with Crippen molar-refractivity contribution in [2.45, 2.75) is 10.5 Å². The van der Waals surface area contributed by atoms with Crippen LogP contribution < -0.4 is 0 Å². The van der Waals surface area contributed by atoms with Gasteiger partial charge in [-0.15, -0.1) is 11.8 Å². The normalized spacial score (nSPS) is 18.4. The summed E-state index contributed by atoms with van der Waals surface area (Å²) in [6, 6.07) is 26.6. The van der Waals surface area contributed by atoms with Gasteiger partial charge in [-0.3, -0.25) is 10.1 Å². The van der Waals surface area contributed by atoms with Crippen LogP contribution in [0.25, 0.3) is 0 Å². The number of rotatable bonds is 6. The van der Waals surface area contributed by atoms with Crippen LogP contribution in [0.1, 0.15) is 11.1 Å². The fourth-order valence-electron chi connectivity index (χ4n) is 3.09. The molecule has 0 N–H and O–H groups in total. The van der Waals surface area contributed by atoms with E-state index >= 15 is 0 Å². The molecule has 0 aliphatic carbocycles. The van der Waals surface area contributed by atoms with E-state index in [-0.39, 0.29) is 5.69 Å². The standard InChI is InChI=1S/C22H18N2O3S/c25-24(26)19-13-11-17(12-14-19)21-23-15-22(27-21,18-7-3-1-4-8-18)16-28-20-9-5-2-6-10-20/h1-14H,15-16H2. The first-order valence-electron chi connectivity index (χ1n) is 8.88. The average molecular weight is 390 g/mol. The maximum atomic E-state index is 10.9. The topological polar surface area (TPSA) is 64.7 Å². The van der Waals surface area contributed by atoms with Gasteiger partial charge in [0.25, 0.3) is 5.69 Å². The number of non-ortho nitro benzene ring substituents is 1. The quantitative estimate of drug-likeness (QED) is 0.335. The molecule has 5 nitrogen and oxygen atoms in total. The summed E-state index contributed by atoms with van der Waals surface area (Å²) in [5.74, 6) is 1.23. The van der Waals surface area contributed by atoms with Gasteiger partial charge < -0.3 is 4.74 Å². The Balaban J connectivity index is 1.58. The highest BCUT2D eigenvalue weighted by Crippen LogP contribution is 2.37. The zero-order chi connectivity index (χ0) is 19.4. The number of thioether (sulfide) groups is 1. The molecule has 1 unspecified atom stereocenters. The fraction of sp³-hybridized carbons (Fsp3) is 0.136. The molecule has 3 aromatic rings. The number of benzene rings is 3. The molecule has 1 aliphatic rings. The molecular formula is C22H18N2O3S. The van der Waals surface area contributed by atoms with Crippen molar-refractivity contribution in [2.24, 2.45) is 4.99 Å². The fourth-order valence-corrected chi connectivity index (χ4v) is 4.16. The summed E-state index contributed by atoms with van der Waals surface area (Å²) in [5.41, 5.74) is 1.29. The molecule has 6 heteroatoms. The van der Waals surface area contributed by atoms with Crippen molar-refractivity contribution in [3.8, 4) is 0 Å². The zero-order valence-corrected chi connectivity index (χ0v) is 15.8. The molecular weight excluding hydrogens is 372 g/mol. The molecule has 0 saturated heterocycles. The molecule has 0 spiro atoms. The van der Waals surface area contributed by atoms with Crippen LogP contribution in [0.4, 0.5) is 5.69 Å². The third kappa shape index (κ3) is 3.77. The van der Waals surface area contributed by atoms with Crippen LogP contribution in [0.5, 0.6) is 0 Å². The van der Waals surface area contributed by atoms with Gasteiger partial charge in [-0.05, 0) is 29.8 Å². The highest BCUT2D eigenvalue weighted by molar-refractivity contribution is 7.99. The van der Waals surface area contributed by atoms with Crippen LogP contribution >= 0.6 is 11.8 Å². The molecule has 3 aromatic carbocycles. The molecule has 4 rings (SSSR count). The molecule has 0 aromatic heterocycles. The molecule has 28 heavy (non-hydrogen) atoms. The smallest absolute Gasteiger partial charge is 0.269 e. The third-order valence-electron chi connectivity index (χ3n) is 4.61. The van der Waals surface area contributed by atoms with Gasteiger partial charge in [-0.1, -0.05) is 48.5 Å². The highest BCUT2D eigenvalue weighted by atomic mass is 32.2. The zero-order valence-electron chi connectivity index (χ0n) is 15.0. The van der Waals surface area contributed by atoms with Crippen molar-refractivity contribution in [3.63, 3.8) is 0 Å². The lowest BCUT2D eigenvalue weighted by atomic mass is 9.96. The molecule has 0 radical (unpaired) electrons. The Bertz CT molecular complexity index is 991. The van der Waals surface area contributed by atoms with Gasteiger partial charge in [0.1, 0.15) is 0 Å². The summed E-state index contributed by atoms with van der Waals surface area (Å²) in [5, 5.41) is 10.9. The van der Waals surface area contributed by atoms with E-state index in [2.05, 4.69) is 29.3 Å². The molecule has 0 bridgehead atoms. The molecule has 0 amide bonds. The lowest BCUT2D eigenvalue weighted by molar-refractivity contribution is -0.384. The van der Waals surface area contributed by atoms with Crippen molar-refractivity contribution in [2.75, 3.05) is 12.3 Å². The lowest BCUT2D eigenvalue weighted by Crippen LogP contribution is -2.33. The highest BCUT2D eigenvalue weighted by Gasteiger charge is 2.40. The van der Waals surface area contributed by atoms with Crippen molar-refractivity contribution >= 4 is 23.3 Å². The number of nitrogens with zero attached hydrogens (tertiary/aromatic N) is 2. The maximum absolute atomic E-state index is 10.9. The Morgan fingerprint density at radius 1 is 0.964 bits per heavy atom. The Morgan fingerprint density at radius 3 is 2.25 bits per heavy atom. The molecule has 0 fully saturated rings. The summed E-state index contributed by atoms with van der Waals surface area (Å²) in [4.78, 5) is 16.3. The molecule has 1 aliphatic heterocycles. The minimum atomic E-state index is -0.571. The van der Waals surface area contributed by atoms with E-state index in [4.69, 9.17) is 4.74 Å². The Hall–Kier alpha value is -3.12. The van der Waals surface area contributed by atoms with Gasteiger partial charge >= 0.3 is 0 Å². The second-order valence-corrected chi connectivity index (χ2v) is 7.54. The van der Waals surface area contributed by atoms with Crippen molar-refractivity contribution < 1.29 is 9.66 Å². The first-order valence-corrected chi connectivity index (χ1v) is 9.87. The Morgan fingerprint density at radius 2 is 1.61 bits per heavy atom. The second kappa shape index (κ2) is 7.86. The minimum Gasteiger partial charge on any atom is -0.463 e. The maximum Gasteiger partial charge on any atom is 0.269 e. The number of ether oxygens (including phenoxy) is 1.